The molecule has 0 spiro atoms. The number of amides is 3. The summed E-state index contributed by atoms with van der Waals surface area (Å²) in [7, 11) is 0. The Hall–Kier alpha value is -3.04. The Morgan fingerprint density at radius 2 is 1.57 bits per heavy atom. The van der Waals surface area contributed by atoms with Gasteiger partial charge in [-0.1, -0.05) is 74.8 Å². The number of nitrogens with one attached hydrogen (secondary N) is 2. The molecule has 1 aliphatic heterocycles. The Bertz CT molecular complexity index is 1210. The van der Waals surface area contributed by atoms with Crippen molar-refractivity contribution in [1.82, 2.24) is 15.5 Å². The number of fused-ring (bicyclic) bond motifs is 1. The van der Waals surface area contributed by atoms with Gasteiger partial charge in [0.1, 0.15) is 12.1 Å². The van der Waals surface area contributed by atoms with Crippen LogP contribution in [-0.4, -0.2) is 71.4 Å². The van der Waals surface area contributed by atoms with Crippen molar-refractivity contribution >= 4 is 35.3 Å². The van der Waals surface area contributed by atoms with Crippen molar-refractivity contribution in [3.05, 3.63) is 12.7 Å². The van der Waals surface area contributed by atoms with Crippen LogP contribution in [0, 0.1) is 39.9 Å². The number of carbonyl (C=O) groups is 6. The number of likely N-dealkylation sites (tertiary alicyclic amines) is 1. The van der Waals surface area contributed by atoms with Crippen molar-refractivity contribution in [2.24, 2.45) is 39.9 Å². The molecule has 46 heavy (non-hydrogen) atoms. The molecule has 0 aromatic carbocycles. The van der Waals surface area contributed by atoms with Crippen LogP contribution in [0.15, 0.2) is 12.7 Å². The first-order chi connectivity index (χ1) is 21.2. The van der Waals surface area contributed by atoms with Gasteiger partial charge >= 0.3 is 12.0 Å². The van der Waals surface area contributed by atoms with E-state index in [-0.39, 0.29) is 41.8 Å². The van der Waals surface area contributed by atoms with Crippen LogP contribution in [0.4, 0.5) is 4.79 Å². The summed E-state index contributed by atoms with van der Waals surface area (Å²) in [5, 5.41) is 5.58. The van der Waals surface area contributed by atoms with Gasteiger partial charge in [-0.05, 0) is 59.7 Å². The zero-order chi connectivity index (χ0) is 34.8. The zero-order valence-electron chi connectivity index (χ0n) is 29.5. The third kappa shape index (κ3) is 8.85. The molecule has 3 amide bonds. The van der Waals surface area contributed by atoms with Crippen molar-refractivity contribution in [3.8, 4) is 0 Å². The lowest BCUT2D eigenvalue weighted by Gasteiger charge is -2.38. The molecular formula is C36H57N3O7. The van der Waals surface area contributed by atoms with Gasteiger partial charge in [0.2, 0.25) is 11.7 Å². The van der Waals surface area contributed by atoms with Crippen LogP contribution in [0.2, 0.25) is 0 Å². The van der Waals surface area contributed by atoms with E-state index in [9.17, 15) is 28.8 Å². The third-order valence-corrected chi connectivity index (χ3v) is 10.1. The first-order valence-electron chi connectivity index (χ1n) is 17.0. The molecule has 258 valence electrons. The van der Waals surface area contributed by atoms with E-state index in [0.29, 0.717) is 38.3 Å². The van der Waals surface area contributed by atoms with Crippen LogP contribution < -0.4 is 10.6 Å². The minimum atomic E-state index is -1.000. The number of carbonyl (C=O) groups excluding carboxylic acids is 6. The lowest BCUT2D eigenvalue weighted by Crippen LogP contribution is -2.61. The molecule has 2 saturated carbocycles. The third-order valence-electron chi connectivity index (χ3n) is 10.1. The van der Waals surface area contributed by atoms with Gasteiger partial charge in [0.25, 0.3) is 0 Å². The molecule has 10 heteroatoms. The van der Waals surface area contributed by atoms with E-state index in [0.717, 1.165) is 12.8 Å². The minimum Gasteiger partial charge on any atom is -0.464 e. The SMILES string of the molecule is C=CCCC(=O)C(=O)C(CCC)CC(=O)[C@@H]1[C@@H]2[C@H](CN1C(=O)[C@@H](NC(=O)N[C@H](C(=O)OCC1CC1)C(C)(C)C)C(C)(C)C)C2(C)C. The lowest BCUT2D eigenvalue weighted by molar-refractivity contribution is -0.149. The molecule has 0 aromatic heterocycles. The Labute approximate surface area is 275 Å². The van der Waals surface area contributed by atoms with E-state index in [1.54, 1.807) is 11.0 Å². The lowest BCUT2D eigenvalue weighted by atomic mass is 9.83. The summed E-state index contributed by atoms with van der Waals surface area (Å²) < 4.78 is 5.49. The number of ether oxygens (including phenoxy) is 1. The number of hydrogen-bond donors (Lipinski definition) is 2. The van der Waals surface area contributed by atoms with Gasteiger partial charge in [-0.2, -0.15) is 0 Å². The highest BCUT2D eigenvalue weighted by atomic mass is 16.5. The van der Waals surface area contributed by atoms with E-state index in [4.69, 9.17) is 4.74 Å². The fourth-order valence-corrected chi connectivity index (χ4v) is 6.82. The maximum absolute atomic E-state index is 14.3. The Morgan fingerprint density at radius 3 is 2.09 bits per heavy atom. The molecule has 2 N–H and O–H groups in total. The summed E-state index contributed by atoms with van der Waals surface area (Å²) in [5.74, 6) is -2.46. The Morgan fingerprint density at radius 1 is 0.978 bits per heavy atom. The molecule has 3 fully saturated rings. The molecule has 1 unspecified atom stereocenters. The van der Waals surface area contributed by atoms with Crippen molar-refractivity contribution in [2.75, 3.05) is 13.2 Å². The van der Waals surface area contributed by atoms with Crippen LogP contribution >= 0.6 is 0 Å². The predicted molar refractivity (Wildman–Crippen MR) is 176 cm³/mol. The van der Waals surface area contributed by atoms with Gasteiger partial charge < -0.3 is 20.3 Å². The average molecular weight is 644 g/mol. The normalized spacial score (nSPS) is 23.8. The van der Waals surface area contributed by atoms with Crippen molar-refractivity contribution in [1.29, 1.82) is 0 Å². The van der Waals surface area contributed by atoms with Gasteiger partial charge in [-0.25, -0.2) is 9.59 Å². The van der Waals surface area contributed by atoms with Crippen LogP contribution in [0.25, 0.3) is 0 Å². The molecule has 3 aliphatic rings. The molecule has 10 nitrogen and oxygen atoms in total. The fraction of sp³-hybridized carbons (Fsp3) is 0.778. The molecule has 1 saturated heterocycles. The van der Waals surface area contributed by atoms with Gasteiger partial charge in [0, 0.05) is 25.3 Å². The van der Waals surface area contributed by atoms with E-state index < -0.39 is 58.4 Å². The van der Waals surface area contributed by atoms with Crippen LogP contribution in [0.1, 0.15) is 107 Å². The summed E-state index contributed by atoms with van der Waals surface area (Å²) in [4.78, 5) is 81.9. The number of ketones is 3. The Balaban J connectivity index is 1.80. The molecule has 6 atom stereocenters. The van der Waals surface area contributed by atoms with Crippen molar-refractivity contribution in [2.45, 2.75) is 125 Å². The maximum atomic E-state index is 14.3. The monoisotopic (exact) mass is 643 g/mol. The number of rotatable bonds is 16. The molecule has 3 rings (SSSR count). The number of piperidine rings is 1. The summed E-state index contributed by atoms with van der Waals surface area (Å²) in [5.41, 5.74) is -1.52. The van der Waals surface area contributed by atoms with E-state index in [1.807, 2.05) is 48.5 Å². The topological polar surface area (TPSA) is 139 Å². The van der Waals surface area contributed by atoms with E-state index in [1.165, 1.54) is 0 Å². The molecule has 2 aliphatic carbocycles. The van der Waals surface area contributed by atoms with E-state index >= 15 is 0 Å². The van der Waals surface area contributed by atoms with Crippen LogP contribution in [0.5, 0.6) is 0 Å². The van der Waals surface area contributed by atoms with Crippen LogP contribution in [-0.2, 0) is 28.7 Å². The number of allylic oxidation sites excluding steroid dienone is 1. The van der Waals surface area contributed by atoms with Gasteiger partial charge in [0.05, 0.1) is 12.6 Å². The zero-order valence-corrected chi connectivity index (χ0v) is 29.5. The van der Waals surface area contributed by atoms with Gasteiger partial charge in [0.15, 0.2) is 11.6 Å². The van der Waals surface area contributed by atoms with Gasteiger partial charge in [-0.15, -0.1) is 6.58 Å². The standard InChI is InChI=1S/C36H57N3O7/c1-11-13-15-24(40)28(42)22(14-12-2)18-25(41)27-26-23(36(26,9)10)19-39(27)31(43)29(34(3,4)5)37-33(45)38-30(35(6,7)8)32(44)46-20-21-16-17-21/h11,21-23,26-27,29-30H,1,12-20H2,2-10H3,(H2,37,38,45)/t22?,23-,26-,27+,29+,30+/m0/s1. The highest BCUT2D eigenvalue weighted by molar-refractivity contribution is 6.38. The molecular weight excluding hydrogens is 586 g/mol. The minimum absolute atomic E-state index is 0.0673. The van der Waals surface area contributed by atoms with E-state index in [2.05, 4.69) is 31.1 Å². The van der Waals surface area contributed by atoms with Crippen LogP contribution in [0.3, 0.4) is 0 Å². The summed E-state index contributed by atoms with van der Waals surface area (Å²) in [6, 6.07) is -3.35. The summed E-state index contributed by atoms with van der Waals surface area (Å²) >= 11 is 0. The summed E-state index contributed by atoms with van der Waals surface area (Å²) in [6.45, 7) is 21.4. The molecule has 0 aromatic rings. The maximum Gasteiger partial charge on any atom is 0.329 e. The largest absolute Gasteiger partial charge is 0.464 e. The molecule has 0 radical (unpaired) electrons. The molecule has 1 heterocycles. The summed E-state index contributed by atoms with van der Waals surface area (Å²) in [6.07, 6.45) is 5.05. The number of esters is 1. The quantitative estimate of drug-likeness (QED) is 0.137. The first-order valence-corrected chi connectivity index (χ1v) is 17.0. The number of hydrogen-bond acceptors (Lipinski definition) is 7. The van der Waals surface area contributed by atoms with Crippen molar-refractivity contribution in [3.63, 3.8) is 0 Å². The second kappa shape index (κ2) is 14.4. The predicted octanol–water partition coefficient (Wildman–Crippen LogP) is 5.03. The highest BCUT2D eigenvalue weighted by Crippen LogP contribution is 2.65. The van der Waals surface area contributed by atoms with Crippen molar-refractivity contribution < 1.29 is 33.5 Å². The highest BCUT2D eigenvalue weighted by Gasteiger charge is 2.69. The fourth-order valence-electron chi connectivity index (χ4n) is 6.82. The Kier molecular flexibility index (Phi) is 11.7. The molecule has 0 bridgehead atoms. The second-order valence-electron chi connectivity index (χ2n) is 16.4. The first kappa shape index (κ1) is 37.4. The number of Topliss-reactive ketones (excluding diaryl/α,β-unsaturated/α-hetero) is 3. The number of nitrogens with zero attached hydrogens (tertiary/aromatic N) is 1. The smallest absolute Gasteiger partial charge is 0.329 e. The average Bonchev–Trinajstić information content (AvgIpc) is 3.82. The number of urea groups is 1. The van der Waals surface area contributed by atoms with Gasteiger partial charge in [-0.3, -0.25) is 19.2 Å². The second-order valence-corrected chi connectivity index (χ2v) is 16.4.